The van der Waals surface area contributed by atoms with Crippen molar-refractivity contribution in [3.8, 4) is 0 Å². The summed E-state index contributed by atoms with van der Waals surface area (Å²) in [5.74, 6) is -0.397. The molecule has 0 bridgehead atoms. The molecular formula is C12H12N2O2S. The molecule has 0 unspecified atom stereocenters. The molecule has 0 amide bonds. The third kappa shape index (κ3) is 3.04. The van der Waals surface area contributed by atoms with Gasteiger partial charge in [0.05, 0.1) is 0 Å². The first kappa shape index (κ1) is 11.6. The number of hydrogen-bond donors (Lipinski definition) is 1. The van der Waals surface area contributed by atoms with Gasteiger partial charge in [0.25, 0.3) is 0 Å². The van der Waals surface area contributed by atoms with Crippen LogP contribution >= 0.6 is 11.3 Å². The summed E-state index contributed by atoms with van der Waals surface area (Å²) in [6, 6.07) is 9.56. The molecule has 0 fully saturated rings. The van der Waals surface area contributed by atoms with E-state index in [1.165, 1.54) is 11.3 Å². The summed E-state index contributed by atoms with van der Waals surface area (Å²) in [4.78, 5) is 15.7. The van der Waals surface area contributed by atoms with Crippen LogP contribution in [0.1, 0.15) is 16.1 Å². The Morgan fingerprint density at radius 2 is 2.18 bits per heavy atom. The molecule has 2 rings (SSSR count). The standard InChI is InChI=1S/C12H12N2O2S/c1-13-12-14-10(8-17-12)11(15)16-7-9-5-3-2-4-6-9/h2-6,8H,7H2,1H3,(H,13,14). The lowest BCUT2D eigenvalue weighted by Gasteiger charge is -2.02. The minimum atomic E-state index is -0.397. The van der Waals surface area contributed by atoms with E-state index in [0.717, 1.165) is 5.56 Å². The minimum Gasteiger partial charge on any atom is -0.456 e. The second-order valence-electron chi connectivity index (χ2n) is 3.35. The molecule has 0 spiro atoms. The maximum atomic E-state index is 11.6. The Labute approximate surface area is 103 Å². The van der Waals surface area contributed by atoms with E-state index in [0.29, 0.717) is 10.8 Å². The van der Waals surface area contributed by atoms with Crippen molar-refractivity contribution in [2.75, 3.05) is 12.4 Å². The predicted molar refractivity (Wildman–Crippen MR) is 67.2 cm³/mol. The van der Waals surface area contributed by atoms with Crippen molar-refractivity contribution in [1.29, 1.82) is 0 Å². The lowest BCUT2D eigenvalue weighted by atomic mass is 10.2. The highest BCUT2D eigenvalue weighted by molar-refractivity contribution is 7.13. The molecule has 5 heteroatoms. The topological polar surface area (TPSA) is 51.2 Å². The number of aromatic nitrogens is 1. The zero-order valence-corrected chi connectivity index (χ0v) is 10.2. The maximum absolute atomic E-state index is 11.6. The number of rotatable bonds is 4. The molecule has 4 nitrogen and oxygen atoms in total. The molecule has 0 radical (unpaired) electrons. The van der Waals surface area contributed by atoms with E-state index in [1.807, 2.05) is 30.3 Å². The van der Waals surface area contributed by atoms with Crippen molar-refractivity contribution >= 4 is 22.4 Å². The van der Waals surface area contributed by atoms with Gasteiger partial charge in [-0.1, -0.05) is 30.3 Å². The van der Waals surface area contributed by atoms with Crippen LogP contribution in [0.4, 0.5) is 5.13 Å². The summed E-state index contributed by atoms with van der Waals surface area (Å²) in [6.07, 6.45) is 0. The Kier molecular flexibility index (Phi) is 3.72. The van der Waals surface area contributed by atoms with Gasteiger partial charge in [-0.25, -0.2) is 9.78 Å². The van der Waals surface area contributed by atoms with Gasteiger partial charge < -0.3 is 10.1 Å². The number of thiazole rings is 1. The van der Waals surface area contributed by atoms with Crippen LogP contribution in [0.15, 0.2) is 35.7 Å². The lowest BCUT2D eigenvalue weighted by molar-refractivity contribution is 0.0467. The third-order valence-corrected chi connectivity index (χ3v) is 3.00. The molecule has 88 valence electrons. The van der Waals surface area contributed by atoms with Crippen molar-refractivity contribution in [2.24, 2.45) is 0 Å². The number of esters is 1. The largest absolute Gasteiger partial charge is 0.456 e. The molecule has 1 aromatic carbocycles. The van der Waals surface area contributed by atoms with Gasteiger partial charge in [0.2, 0.25) is 0 Å². The van der Waals surface area contributed by atoms with E-state index in [4.69, 9.17) is 4.74 Å². The molecule has 17 heavy (non-hydrogen) atoms. The van der Waals surface area contributed by atoms with Gasteiger partial charge in [-0.3, -0.25) is 0 Å². The van der Waals surface area contributed by atoms with Crippen LogP contribution in [0.2, 0.25) is 0 Å². The highest BCUT2D eigenvalue weighted by Gasteiger charge is 2.11. The van der Waals surface area contributed by atoms with E-state index in [9.17, 15) is 4.79 Å². The highest BCUT2D eigenvalue weighted by atomic mass is 32.1. The number of carbonyl (C=O) groups excluding carboxylic acids is 1. The third-order valence-electron chi connectivity index (χ3n) is 2.14. The molecule has 2 aromatic rings. The van der Waals surface area contributed by atoms with Crippen LogP contribution in [0, 0.1) is 0 Å². The van der Waals surface area contributed by atoms with Gasteiger partial charge in [0, 0.05) is 12.4 Å². The van der Waals surface area contributed by atoms with E-state index >= 15 is 0 Å². The Hall–Kier alpha value is -1.88. The molecule has 0 saturated heterocycles. The predicted octanol–water partition coefficient (Wildman–Crippen LogP) is 2.54. The van der Waals surface area contributed by atoms with Crippen LogP contribution < -0.4 is 5.32 Å². The van der Waals surface area contributed by atoms with Crippen LogP contribution in [-0.2, 0) is 11.3 Å². The lowest BCUT2D eigenvalue weighted by Crippen LogP contribution is -2.05. The van der Waals surface area contributed by atoms with Crippen molar-refractivity contribution in [3.63, 3.8) is 0 Å². The number of anilines is 1. The number of ether oxygens (including phenoxy) is 1. The first-order valence-corrected chi connectivity index (χ1v) is 6.02. The fraction of sp³-hybridized carbons (Fsp3) is 0.167. The fourth-order valence-corrected chi connectivity index (χ4v) is 1.92. The average molecular weight is 248 g/mol. The van der Waals surface area contributed by atoms with Crippen LogP contribution in [-0.4, -0.2) is 18.0 Å². The first-order valence-electron chi connectivity index (χ1n) is 5.14. The molecule has 0 atom stereocenters. The molecule has 0 aliphatic carbocycles. The molecule has 0 aliphatic rings. The minimum absolute atomic E-state index is 0.270. The first-order chi connectivity index (χ1) is 8.29. The van der Waals surface area contributed by atoms with E-state index in [1.54, 1.807) is 12.4 Å². The summed E-state index contributed by atoms with van der Waals surface area (Å²) in [5, 5.41) is 5.26. The number of benzene rings is 1. The van der Waals surface area contributed by atoms with Crippen molar-refractivity contribution in [2.45, 2.75) is 6.61 Å². The molecule has 0 aliphatic heterocycles. The van der Waals surface area contributed by atoms with Gasteiger partial charge in [0.15, 0.2) is 10.8 Å². The highest BCUT2D eigenvalue weighted by Crippen LogP contribution is 2.15. The van der Waals surface area contributed by atoms with Gasteiger partial charge in [-0.05, 0) is 5.56 Å². The van der Waals surface area contributed by atoms with Crippen LogP contribution in [0.5, 0.6) is 0 Å². The van der Waals surface area contributed by atoms with E-state index < -0.39 is 5.97 Å². The van der Waals surface area contributed by atoms with E-state index in [2.05, 4.69) is 10.3 Å². The van der Waals surface area contributed by atoms with Crippen molar-refractivity contribution in [3.05, 3.63) is 47.0 Å². The summed E-state index contributed by atoms with van der Waals surface area (Å²) >= 11 is 1.38. The second kappa shape index (κ2) is 5.45. The van der Waals surface area contributed by atoms with Crippen molar-refractivity contribution < 1.29 is 9.53 Å². The van der Waals surface area contributed by atoms with Crippen LogP contribution in [0.3, 0.4) is 0 Å². The van der Waals surface area contributed by atoms with Gasteiger partial charge >= 0.3 is 5.97 Å². The molecule has 1 heterocycles. The maximum Gasteiger partial charge on any atom is 0.358 e. The molecular weight excluding hydrogens is 236 g/mol. The number of nitrogens with one attached hydrogen (secondary N) is 1. The summed E-state index contributed by atoms with van der Waals surface area (Å²) < 4.78 is 5.15. The zero-order valence-electron chi connectivity index (χ0n) is 9.34. The quantitative estimate of drug-likeness (QED) is 0.845. The van der Waals surface area contributed by atoms with Crippen molar-refractivity contribution in [1.82, 2.24) is 4.98 Å². The Bertz CT molecular complexity index is 496. The Morgan fingerprint density at radius 3 is 2.82 bits per heavy atom. The fourth-order valence-electron chi connectivity index (χ4n) is 1.28. The van der Waals surface area contributed by atoms with Gasteiger partial charge in [-0.2, -0.15) is 0 Å². The summed E-state index contributed by atoms with van der Waals surface area (Å²) in [7, 11) is 1.76. The smallest absolute Gasteiger partial charge is 0.358 e. The van der Waals surface area contributed by atoms with Gasteiger partial charge in [-0.15, -0.1) is 11.3 Å². The Balaban J connectivity index is 1.93. The number of hydrogen-bond acceptors (Lipinski definition) is 5. The normalized spacial score (nSPS) is 9.94. The second-order valence-corrected chi connectivity index (χ2v) is 4.21. The zero-order chi connectivity index (χ0) is 12.1. The monoisotopic (exact) mass is 248 g/mol. The average Bonchev–Trinajstić information content (AvgIpc) is 2.86. The number of nitrogens with zero attached hydrogens (tertiary/aromatic N) is 1. The Morgan fingerprint density at radius 1 is 1.41 bits per heavy atom. The number of carbonyl (C=O) groups is 1. The van der Waals surface area contributed by atoms with Crippen LogP contribution in [0.25, 0.3) is 0 Å². The molecule has 1 N–H and O–H groups in total. The van der Waals surface area contributed by atoms with Gasteiger partial charge in [0.1, 0.15) is 6.61 Å². The summed E-state index contributed by atoms with van der Waals surface area (Å²) in [5.41, 5.74) is 1.31. The molecule has 1 aromatic heterocycles. The SMILES string of the molecule is CNc1nc(C(=O)OCc2ccccc2)cs1. The molecule has 0 saturated carbocycles. The van der Waals surface area contributed by atoms with E-state index in [-0.39, 0.29) is 6.61 Å². The summed E-state index contributed by atoms with van der Waals surface area (Å²) in [6.45, 7) is 0.270.